The first-order valence-electron chi connectivity index (χ1n) is 3.48. The van der Waals surface area contributed by atoms with Crippen molar-refractivity contribution in [2.75, 3.05) is 0 Å². The lowest BCUT2D eigenvalue weighted by atomic mass is 10.5. The second-order valence-electron chi connectivity index (χ2n) is 2.25. The molecular formula is C7H9ClN2O2. The molecule has 0 aliphatic rings. The third-order valence-corrected chi connectivity index (χ3v) is 1.40. The molecule has 0 saturated heterocycles. The molecule has 0 amide bonds. The number of ether oxygens (including phenoxy) is 1. The fraction of sp³-hybridized carbons (Fsp3) is 0.429. The number of esters is 1. The number of carbonyl (C=O) groups excluding carboxylic acids is 1. The monoisotopic (exact) mass is 188 g/mol. The van der Waals surface area contributed by atoms with Crippen molar-refractivity contribution in [2.24, 2.45) is 0 Å². The molecule has 0 radical (unpaired) electrons. The van der Waals surface area contributed by atoms with Gasteiger partial charge in [-0.05, 0) is 13.0 Å². The zero-order chi connectivity index (χ0) is 8.97. The molecule has 66 valence electrons. The van der Waals surface area contributed by atoms with Crippen LogP contribution in [-0.2, 0) is 16.3 Å². The second-order valence-corrected chi connectivity index (χ2v) is 2.91. The van der Waals surface area contributed by atoms with E-state index in [-0.39, 0.29) is 6.73 Å². The third kappa shape index (κ3) is 2.54. The SMILES string of the molecule is CC(Cl)C(=O)OCn1cccn1. The average molecular weight is 189 g/mol. The van der Waals surface area contributed by atoms with Gasteiger partial charge >= 0.3 is 5.97 Å². The first-order valence-corrected chi connectivity index (χ1v) is 3.92. The maximum absolute atomic E-state index is 10.8. The van der Waals surface area contributed by atoms with E-state index in [2.05, 4.69) is 5.10 Å². The summed E-state index contributed by atoms with van der Waals surface area (Å²) in [6.07, 6.45) is 3.31. The van der Waals surface area contributed by atoms with Gasteiger partial charge in [-0.3, -0.25) is 4.79 Å². The van der Waals surface area contributed by atoms with E-state index < -0.39 is 11.3 Å². The molecule has 1 unspecified atom stereocenters. The predicted molar refractivity (Wildman–Crippen MR) is 43.6 cm³/mol. The molecule has 1 heterocycles. The molecule has 1 rings (SSSR count). The Hall–Kier alpha value is -1.03. The lowest BCUT2D eigenvalue weighted by Gasteiger charge is -2.04. The van der Waals surface area contributed by atoms with E-state index in [1.807, 2.05) is 0 Å². The normalized spacial score (nSPS) is 12.5. The van der Waals surface area contributed by atoms with Crippen LogP contribution in [0.25, 0.3) is 0 Å². The van der Waals surface area contributed by atoms with Crippen LogP contribution in [0.15, 0.2) is 18.5 Å². The summed E-state index contributed by atoms with van der Waals surface area (Å²) in [5, 5.41) is 3.23. The summed E-state index contributed by atoms with van der Waals surface area (Å²) in [5.41, 5.74) is 0. The van der Waals surface area contributed by atoms with Crippen molar-refractivity contribution in [1.29, 1.82) is 0 Å². The van der Waals surface area contributed by atoms with Crippen LogP contribution in [0, 0.1) is 0 Å². The summed E-state index contributed by atoms with van der Waals surface area (Å²) < 4.78 is 6.27. The van der Waals surface area contributed by atoms with E-state index in [0.717, 1.165) is 0 Å². The number of aromatic nitrogens is 2. The van der Waals surface area contributed by atoms with E-state index in [0.29, 0.717) is 0 Å². The van der Waals surface area contributed by atoms with Gasteiger partial charge in [0.15, 0.2) is 6.73 Å². The van der Waals surface area contributed by atoms with E-state index in [1.165, 1.54) is 4.68 Å². The zero-order valence-electron chi connectivity index (χ0n) is 6.61. The van der Waals surface area contributed by atoms with Crippen molar-refractivity contribution in [1.82, 2.24) is 9.78 Å². The molecule has 0 bridgehead atoms. The molecule has 4 nitrogen and oxygen atoms in total. The van der Waals surface area contributed by atoms with Crippen molar-refractivity contribution in [3.8, 4) is 0 Å². The highest BCUT2D eigenvalue weighted by molar-refractivity contribution is 6.29. The first-order chi connectivity index (χ1) is 5.70. The number of alkyl halides is 1. The standard InChI is InChI=1S/C7H9ClN2O2/c1-6(8)7(11)12-5-10-4-2-3-9-10/h2-4,6H,5H2,1H3. The molecule has 0 spiro atoms. The van der Waals surface area contributed by atoms with Crippen LogP contribution < -0.4 is 0 Å². The van der Waals surface area contributed by atoms with E-state index in [9.17, 15) is 4.79 Å². The van der Waals surface area contributed by atoms with Gasteiger partial charge in [0.1, 0.15) is 5.38 Å². The smallest absolute Gasteiger partial charge is 0.325 e. The Kier molecular flexibility index (Phi) is 3.10. The lowest BCUT2D eigenvalue weighted by molar-refractivity contribution is -0.147. The van der Waals surface area contributed by atoms with Crippen LogP contribution >= 0.6 is 11.6 Å². The van der Waals surface area contributed by atoms with Crippen molar-refractivity contribution >= 4 is 17.6 Å². The van der Waals surface area contributed by atoms with Crippen molar-refractivity contribution in [3.05, 3.63) is 18.5 Å². The Balaban J connectivity index is 2.32. The van der Waals surface area contributed by atoms with Gasteiger partial charge in [-0.1, -0.05) is 0 Å². The van der Waals surface area contributed by atoms with Crippen LogP contribution in [-0.4, -0.2) is 21.1 Å². The molecule has 0 aliphatic carbocycles. The molecule has 0 aromatic carbocycles. The zero-order valence-corrected chi connectivity index (χ0v) is 7.36. The summed E-state index contributed by atoms with van der Waals surface area (Å²) in [6.45, 7) is 1.68. The largest absolute Gasteiger partial charge is 0.441 e. The van der Waals surface area contributed by atoms with Crippen LogP contribution in [0.5, 0.6) is 0 Å². The molecule has 0 saturated carbocycles. The molecule has 0 N–H and O–H groups in total. The van der Waals surface area contributed by atoms with E-state index in [4.69, 9.17) is 16.3 Å². The van der Waals surface area contributed by atoms with Crippen molar-refractivity contribution < 1.29 is 9.53 Å². The van der Waals surface area contributed by atoms with Crippen LogP contribution in [0.3, 0.4) is 0 Å². The molecule has 1 aromatic rings. The Morgan fingerprint density at radius 2 is 2.58 bits per heavy atom. The van der Waals surface area contributed by atoms with Crippen LogP contribution in [0.1, 0.15) is 6.92 Å². The second kappa shape index (κ2) is 4.11. The number of nitrogens with zero attached hydrogens (tertiary/aromatic N) is 2. The fourth-order valence-electron chi connectivity index (χ4n) is 0.621. The van der Waals surface area contributed by atoms with Gasteiger partial charge < -0.3 is 4.74 Å². The van der Waals surface area contributed by atoms with Gasteiger partial charge in [-0.15, -0.1) is 11.6 Å². The predicted octanol–water partition coefficient (Wildman–Crippen LogP) is 1.01. The van der Waals surface area contributed by atoms with E-state index in [1.54, 1.807) is 25.4 Å². The first kappa shape index (κ1) is 9.06. The van der Waals surface area contributed by atoms with Gasteiger partial charge in [0.2, 0.25) is 0 Å². The molecule has 1 aromatic heterocycles. The molecular weight excluding hydrogens is 180 g/mol. The number of carbonyl (C=O) groups is 1. The minimum atomic E-state index is -0.611. The highest BCUT2D eigenvalue weighted by Gasteiger charge is 2.09. The number of hydrogen-bond acceptors (Lipinski definition) is 3. The molecule has 5 heteroatoms. The quantitative estimate of drug-likeness (QED) is 0.525. The average Bonchev–Trinajstić information content (AvgIpc) is 2.51. The third-order valence-electron chi connectivity index (χ3n) is 1.22. The number of hydrogen-bond donors (Lipinski definition) is 0. The molecule has 0 fully saturated rings. The van der Waals surface area contributed by atoms with Crippen LogP contribution in [0.4, 0.5) is 0 Å². The Labute approximate surface area is 75.1 Å². The summed E-state index contributed by atoms with van der Waals surface area (Å²) >= 11 is 5.46. The van der Waals surface area contributed by atoms with Crippen molar-refractivity contribution in [3.63, 3.8) is 0 Å². The van der Waals surface area contributed by atoms with Crippen molar-refractivity contribution in [2.45, 2.75) is 19.0 Å². The summed E-state index contributed by atoms with van der Waals surface area (Å²) in [6, 6.07) is 1.75. The van der Waals surface area contributed by atoms with Gasteiger partial charge in [-0.2, -0.15) is 5.10 Å². The molecule has 0 aliphatic heterocycles. The van der Waals surface area contributed by atoms with Gasteiger partial charge in [0, 0.05) is 12.4 Å². The van der Waals surface area contributed by atoms with Crippen LogP contribution in [0.2, 0.25) is 0 Å². The minimum Gasteiger partial charge on any atom is -0.441 e. The molecule has 12 heavy (non-hydrogen) atoms. The highest BCUT2D eigenvalue weighted by atomic mass is 35.5. The Morgan fingerprint density at radius 1 is 1.83 bits per heavy atom. The summed E-state index contributed by atoms with van der Waals surface area (Å²) in [4.78, 5) is 10.8. The van der Waals surface area contributed by atoms with E-state index >= 15 is 0 Å². The lowest BCUT2D eigenvalue weighted by Crippen LogP contribution is -2.16. The summed E-state index contributed by atoms with van der Waals surface area (Å²) in [5.74, 6) is -0.438. The maximum Gasteiger partial charge on any atom is 0.325 e. The summed E-state index contributed by atoms with van der Waals surface area (Å²) in [7, 11) is 0. The topological polar surface area (TPSA) is 44.1 Å². The minimum absolute atomic E-state index is 0.114. The Bertz CT molecular complexity index is 246. The fourth-order valence-corrected chi connectivity index (χ4v) is 0.684. The number of halogens is 1. The van der Waals surface area contributed by atoms with Gasteiger partial charge in [0.25, 0.3) is 0 Å². The van der Waals surface area contributed by atoms with Gasteiger partial charge in [-0.25, -0.2) is 4.68 Å². The molecule has 1 atom stereocenters. The number of rotatable bonds is 3. The van der Waals surface area contributed by atoms with Gasteiger partial charge in [0.05, 0.1) is 0 Å². The highest BCUT2D eigenvalue weighted by Crippen LogP contribution is 1.97. The Morgan fingerprint density at radius 3 is 3.08 bits per heavy atom. The maximum atomic E-state index is 10.8.